The summed E-state index contributed by atoms with van der Waals surface area (Å²) in [5.74, 6) is 0.743. The van der Waals surface area contributed by atoms with E-state index >= 15 is 0 Å². The Bertz CT molecular complexity index is 956. The molecule has 4 rings (SSSR count). The van der Waals surface area contributed by atoms with Crippen LogP contribution in [0.1, 0.15) is 18.6 Å². The highest BCUT2D eigenvalue weighted by atomic mass is 32.1. The van der Waals surface area contributed by atoms with Crippen LogP contribution < -0.4 is 5.32 Å². The number of amides is 1. The lowest BCUT2D eigenvalue weighted by atomic mass is 10.2. The second-order valence-electron chi connectivity index (χ2n) is 5.61. The molecular weight excluding hydrogens is 322 g/mol. The molecule has 1 aliphatic carbocycles. The van der Waals surface area contributed by atoms with Crippen molar-refractivity contribution >= 4 is 33.5 Å². The number of para-hydroxylation sites is 1. The molecule has 0 spiro atoms. The van der Waals surface area contributed by atoms with E-state index in [1.165, 1.54) is 6.08 Å². The van der Waals surface area contributed by atoms with Gasteiger partial charge < -0.3 is 9.73 Å². The lowest BCUT2D eigenvalue weighted by Gasteiger charge is -1.99. The van der Waals surface area contributed by atoms with Gasteiger partial charge in [0, 0.05) is 12.1 Å². The van der Waals surface area contributed by atoms with Crippen molar-refractivity contribution in [3.05, 3.63) is 47.7 Å². The van der Waals surface area contributed by atoms with Crippen molar-refractivity contribution in [1.29, 1.82) is 5.26 Å². The summed E-state index contributed by atoms with van der Waals surface area (Å²) in [7, 11) is 0. The molecule has 2 heterocycles. The number of nitrogens with one attached hydrogen (secondary N) is 1. The maximum absolute atomic E-state index is 12.0. The highest BCUT2D eigenvalue weighted by Gasteiger charge is 2.24. The van der Waals surface area contributed by atoms with E-state index in [0.29, 0.717) is 11.5 Å². The monoisotopic (exact) mass is 335 g/mol. The molecule has 5 nitrogen and oxygen atoms in total. The quantitative estimate of drug-likeness (QED) is 0.582. The molecule has 6 heteroatoms. The van der Waals surface area contributed by atoms with Gasteiger partial charge in [0.05, 0.1) is 10.2 Å². The van der Waals surface area contributed by atoms with Gasteiger partial charge in [-0.2, -0.15) is 5.26 Å². The van der Waals surface area contributed by atoms with E-state index < -0.39 is 0 Å². The van der Waals surface area contributed by atoms with E-state index in [4.69, 9.17) is 4.42 Å². The average Bonchev–Trinajstić information content (AvgIpc) is 3.13. The first kappa shape index (κ1) is 14.7. The zero-order chi connectivity index (χ0) is 16.5. The molecule has 1 amide bonds. The Morgan fingerprint density at radius 3 is 2.92 bits per heavy atom. The first-order valence-electron chi connectivity index (χ1n) is 7.61. The number of rotatable bonds is 4. The van der Waals surface area contributed by atoms with Gasteiger partial charge in [-0.25, -0.2) is 4.98 Å². The van der Waals surface area contributed by atoms with Crippen LogP contribution in [0, 0.1) is 11.3 Å². The first-order chi connectivity index (χ1) is 11.7. The SMILES string of the molecule is N#C/C(=C\c1ccc(-c2nc3ccccc3s2)o1)C(=O)NC1CC1. The van der Waals surface area contributed by atoms with E-state index in [9.17, 15) is 10.1 Å². The van der Waals surface area contributed by atoms with Crippen molar-refractivity contribution in [2.45, 2.75) is 18.9 Å². The van der Waals surface area contributed by atoms with Crippen molar-refractivity contribution in [3.63, 3.8) is 0 Å². The Labute approximate surface area is 142 Å². The number of nitrogens with zero attached hydrogens (tertiary/aromatic N) is 2. The molecule has 0 bridgehead atoms. The topological polar surface area (TPSA) is 78.9 Å². The molecule has 3 aromatic rings. The minimum Gasteiger partial charge on any atom is -0.454 e. The predicted octanol–water partition coefficient (Wildman–Crippen LogP) is 3.74. The van der Waals surface area contributed by atoms with E-state index in [2.05, 4.69) is 10.3 Å². The summed E-state index contributed by atoms with van der Waals surface area (Å²) in [6, 6.07) is 13.6. The van der Waals surface area contributed by atoms with Gasteiger partial charge in [-0.15, -0.1) is 11.3 Å². The maximum Gasteiger partial charge on any atom is 0.262 e. The fraction of sp³-hybridized carbons (Fsp3) is 0.167. The second kappa shape index (κ2) is 5.95. The molecule has 1 fully saturated rings. The van der Waals surface area contributed by atoms with Crippen LogP contribution >= 0.6 is 11.3 Å². The van der Waals surface area contributed by atoms with E-state index in [1.807, 2.05) is 30.3 Å². The number of hydrogen-bond donors (Lipinski definition) is 1. The zero-order valence-corrected chi connectivity index (χ0v) is 13.5. The van der Waals surface area contributed by atoms with E-state index in [-0.39, 0.29) is 17.5 Å². The highest BCUT2D eigenvalue weighted by Crippen LogP contribution is 2.31. The molecular formula is C18H13N3O2S. The third-order valence-electron chi connectivity index (χ3n) is 3.70. The van der Waals surface area contributed by atoms with Crippen LogP contribution in [0.15, 0.2) is 46.4 Å². The number of benzene rings is 1. The molecule has 0 aliphatic heterocycles. The third-order valence-corrected chi connectivity index (χ3v) is 4.75. The van der Waals surface area contributed by atoms with Gasteiger partial charge in [-0.3, -0.25) is 4.79 Å². The normalized spacial score (nSPS) is 14.5. The van der Waals surface area contributed by atoms with Crippen molar-refractivity contribution in [2.75, 3.05) is 0 Å². The van der Waals surface area contributed by atoms with Crippen LogP contribution in [0.25, 0.3) is 27.1 Å². The smallest absolute Gasteiger partial charge is 0.262 e. The summed E-state index contributed by atoms with van der Waals surface area (Å²) in [6.45, 7) is 0. The molecule has 0 unspecified atom stereocenters. The summed E-state index contributed by atoms with van der Waals surface area (Å²) in [6.07, 6.45) is 3.43. The predicted molar refractivity (Wildman–Crippen MR) is 92.1 cm³/mol. The summed E-state index contributed by atoms with van der Waals surface area (Å²) in [5.41, 5.74) is 0.972. The fourth-order valence-corrected chi connectivity index (χ4v) is 3.23. The van der Waals surface area contributed by atoms with E-state index in [0.717, 1.165) is 28.1 Å². The highest BCUT2D eigenvalue weighted by molar-refractivity contribution is 7.21. The summed E-state index contributed by atoms with van der Waals surface area (Å²) in [5, 5.41) is 12.8. The molecule has 2 aromatic heterocycles. The molecule has 0 atom stereocenters. The van der Waals surface area contributed by atoms with Crippen LogP contribution in [-0.4, -0.2) is 16.9 Å². The number of hydrogen-bond acceptors (Lipinski definition) is 5. The van der Waals surface area contributed by atoms with Crippen molar-refractivity contribution in [1.82, 2.24) is 10.3 Å². The largest absolute Gasteiger partial charge is 0.454 e. The Balaban J connectivity index is 1.60. The Morgan fingerprint density at radius 1 is 1.33 bits per heavy atom. The number of furan rings is 1. The number of fused-ring (bicyclic) bond motifs is 1. The average molecular weight is 335 g/mol. The minimum absolute atomic E-state index is 0.0482. The number of nitriles is 1. The lowest BCUT2D eigenvalue weighted by molar-refractivity contribution is -0.117. The van der Waals surface area contributed by atoms with Crippen molar-refractivity contribution in [3.8, 4) is 16.8 Å². The summed E-state index contributed by atoms with van der Waals surface area (Å²) >= 11 is 1.54. The van der Waals surface area contributed by atoms with Gasteiger partial charge in [0.25, 0.3) is 5.91 Å². The Kier molecular flexibility index (Phi) is 3.63. The van der Waals surface area contributed by atoms with Crippen LogP contribution in [0.2, 0.25) is 0 Å². The van der Waals surface area contributed by atoms with Crippen LogP contribution in [0.5, 0.6) is 0 Å². The number of carbonyl (C=O) groups is 1. The summed E-state index contributed by atoms with van der Waals surface area (Å²) < 4.78 is 6.83. The van der Waals surface area contributed by atoms with E-state index in [1.54, 1.807) is 23.5 Å². The van der Waals surface area contributed by atoms with Gasteiger partial charge >= 0.3 is 0 Å². The summed E-state index contributed by atoms with van der Waals surface area (Å²) in [4.78, 5) is 16.5. The van der Waals surface area contributed by atoms with Gasteiger partial charge in [-0.05, 0) is 37.1 Å². The fourth-order valence-electron chi connectivity index (χ4n) is 2.30. The number of thiazole rings is 1. The molecule has 0 saturated heterocycles. The van der Waals surface area contributed by atoms with Crippen LogP contribution in [0.4, 0.5) is 0 Å². The number of carbonyl (C=O) groups excluding carboxylic acids is 1. The van der Waals surface area contributed by atoms with Crippen LogP contribution in [0.3, 0.4) is 0 Å². The standard InChI is InChI=1S/C18H13N3O2S/c19-10-11(17(22)20-12-5-6-12)9-13-7-8-15(23-13)18-21-14-3-1-2-4-16(14)24-18/h1-4,7-9,12H,5-6H2,(H,20,22)/b11-9+. The lowest BCUT2D eigenvalue weighted by Crippen LogP contribution is -2.26. The van der Waals surface area contributed by atoms with Gasteiger partial charge in [0.1, 0.15) is 17.4 Å². The van der Waals surface area contributed by atoms with Crippen molar-refractivity contribution in [2.24, 2.45) is 0 Å². The first-order valence-corrected chi connectivity index (χ1v) is 8.43. The van der Waals surface area contributed by atoms with Gasteiger partial charge in [0.15, 0.2) is 10.8 Å². The molecule has 1 N–H and O–H groups in total. The molecule has 0 radical (unpaired) electrons. The van der Waals surface area contributed by atoms with Crippen LogP contribution in [-0.2, 0) is 4.79 Å². The molecule has 1 aromatic carbocycles. The number of aromatic nitrogens is 1. The zero-order valence-electron chi connectivity index (χ0n) is 12.7. The second-order valence-corrected chi connectivity index (χ2v) is 6.64. The maximum atomic E-state index is 12.0. The minimum atomic E-state index is -0.349. The molecule has 118 valence electrons. The van der Waals surface area contributed by atoms with Gasteiger partial charge in [0.2, 0.25) is 0 Å². The Hall–Kier alpha value is -2.91. The van der Waals surface area contributed by atoms with Gasteiger partial charge in [-0.1, -0.05) is 12.1 Å². The molecule has 1 saturated carbocycles. The molecule has 1 aliphatic rings. The molecule has 24 heavy (non-hydrogen) atoms. The Morgan fingerprint density at radius 2 is 2.17 bits per heavy atom. The third kappa shape index (κ3) is 2.94. The van der Waals surface area contributed by atoms with Crippen molar-refractivity contribution < 1.29 is 9.21 Å².